The van der Waals surface area contributed by atoms with Gasteiger partial charge in [0.05, 0.1) is 17.7 Å². The third-order valence-electron chi connectivity index (χ3n) is 3.27. The Morgan fingerprint density at radius 3 is 2.76 bits per heavy atom. The molecule has 0 aromatic carbocycles. The van der Waals surface area contributed by atoms with Crippen LogP contribution in [-0.2, 0) is 11.2 Å². The number of carbonyl (C=O) groups is 1. The Morgan fingerprint density at radius 2 is 2.19 bits per heavy atom. The number of aliphatic hydroxyl groups excluding tert-OH is 1. The van der Waals surface area contributed by atoms with Crippen LogP contribution in [0.15, 0.2) is 53.0 Å². The molecular weight excluding hydrogens is 268 g/mol. The Kier molecular flexibility index (Phi) is 6.11. The number of hydrogen-bond donors (Lipinski definition) is 2. The molecule has 1 amide bonds. The molecule has 0 aliphatic rings. The molecule has 0 bridgehead atoms. The van der Waals surface area contributed by atoms with Crippen molar-refractivity contribution >= 4 is 5.91 Å². The second-order valence-electron chi connectivity index (χ2n) is 5.38. The summed E-state index contributed by atoms with van der Waals surface area (Å²) in [7, 11) is 0. The van der Waals surface area contributed by atoms with Crippen molar-refractivity contribution < 1.29 is 14.3 Å². The fourth-order valence-corrected chi connectivity index (χ4v) is 1.67. The van der Waals surface area contributed by atoms with Crippen LogP contribution in [0.1, 0.15) is 26.5 Å². The Morgan fingerprint density at radius 1 is 1.48 bits per heavy atom. The van der Waals surface area contributed by atoms with Gasteiger partial charge in [0.15, 0.2) is 6.39 Å². The third-order valence-corrected chi connectivity index (χ3v) is 3.27. The van der Waals surface area contributed by atoms with Gasteiger partial charge in [-0.2, -0.15) is 0 Å². The standard InChI is InChI=1S/C16H22N2O3/c1-12(14(19)16(2,3)15(17)20)8-6-4-5-7-9-13-10-18-11-21-13/h4-8,10-11,14,19H,9H2,1-3H3,(H2,17,20)/b6-4?,7-5+,12-8?. The summed E-state index contributed by atoms with van der Waals surface area (Å²) in [6.07, 6.45) is 12.0. The van der Waals surface area contributed by atoms with Crippen LogP contribution in [0.25, 0.3) is 0 Å². The first-order chi connectivity index (χ1) is 9.85. The summed E-state index contributed by atoms with van der Waals surface area (Å²) in [5.74, 6) is 0.267. The quantitative estimate of drug-likeness (QED) is 0.753. The van der Waals surface area contributed by atoms with E-state index < -0.39 is 17.4 Å². The van der Waals surface area contributed by atoms with Crippen molar-refractivity contribution in [3.63, 3.8) is 0 Å². The minimum Gasteiger partial charge on any atom is -0.448 e. The molecule has 5 nitrogen and oxygen atoms in total. The molecule has 0 saturated carbocycles. The maximum atomic E-state index is 11.3. The smallest absolute Gasteiger partial charge is 0.226 e. The molecule has 1 aromatic heterocycles. The molecule has 114 valence electrons. The Hall–Kier alpha value is -2.14. The van der Waals surface area contributed by atoms with Crippen LogP contribution in [0.4, 0.5) is 0 Å². The minimum atomic E-state index is -0.990. The fraction of sp³-hybridized carbons (Fsp3) is 0.375. The van der Waals surface area contributed by atoms with Gasteiger partial charge >= 0.3 is 0 Å². The van der Waals surface area contributed by atoms with Gasteiger partial charge in [0.25, 0.3) is 0 Å². The van der Waals surface area contributed by atoms with Crippen LogP contribution < -0.4 is 5.73 Å². The lowest BCUT2D eigenvalue weighted by atomic mass is 9.82. The first-order valence-electron chi connectivity index (χ1n) is 6.71. The van der Waals surface area contributed by atoms with Gasteiger partial charge in [0.2, 0.25) is 5.91 Å². The van der Waals surface area contributed by atoms with E-state index in [0.29, 0.717) is 12.0 Å². The lowest BCUT2D eigenvalue weighted by Gasteiger charge is -2.27. The molecular formula is C16H22N2O3. The highest BCUT2D eigenvalue weighted by Crippen LogP contribution is 2.25. The van der Waals surface area contributed by atoms with Gasteiger partial charge in [-0.1, -0.05) is 30.4 Å². The molecule has 21 heavy (non-hydrogen) atoms. The van der Waals surface area contributed by atoms with Crippen LogP contribution in [0.5, 0.6) is 0 Å². The zero-order valence-corrected chi connectivity index (χ0v) is 12.6. The first kappa shape index (κ1) is 16.9. The normalized spacial score (nSPS) is 15.0. The van der Waals surface area contributed by atoms with Crippen molar-refractivity contribution in [2.45, 2.75) is 33.3 Å². The highest BCUT2D eigenvalue weighted by atomic mass is 16.3. The summed E-state index contributed by atoms with van der Waals surface area (Å²) in [5.41, 5.74) is 4.97. The number of nitrogens with zero attached hydrogens (tertiary/aromatic N) is 1. The summed E-state index contributed by atoms with van der Waals surface area (Å²) >= 11 is 0. The molecule has 3 N–H and O–H groups in total. The van der Waals surface area contributed by atoms with Crippen molar-refractivity contribution in [3.8, 4) is 0 Å². The molecule has 1 unspecified atom stereocenters. The van der Waals surface area contributed by atoms with E-state index >= 15 is 0 Å². The number of oxazole rings is 1. The van der Waals surface area contributed by atoms with Gasteiger partial charge in [0, 0.05) is 6.42 Å². The van der Waals surface area contributed by atoms with Crippen molar-refractivity contribution in [3.05, 3.63) is 54.3 Å². The van der Waals surface area contributed by atoms with E-state index in [1.807, 2.05) is 18.2 Å². The van der Waals surface area contributed by atoms with Crippen molar-refractivity contribution in [1.29, 1.82) is 0 Å². The minimum absolute atomic E-state index is 0.529. The van der Waals surface area contributed by atoms with Crippen LogP contribution in [0, 0.1) is 5.41 Å². The van der Waals surface area contributed by atoms with Crippen molar-refractivity contribution in [2.24, 2.45) is 11.1 Å². The van der Waals surface area contributed by atoms with Gasteiger partial charge in [-0.25, -0.2) is 4.98 Å². The Balaban J connectivity index is 2.53. The number of carbonyl (C=O) groups excluding carboxylic acids is 1. The average molecular weight is 290 g/mol. The largest absolute Gasteiger partial charge is 0.448 e. The molecule has 0 aliphatic carbocycles. The second-order valence-corrected chi connectivity index (χ2v) is 5.38. The van der Waals surface area contributed by atoms with Crippen LogP contribution in [-0.4, -0.2) is 22.1 Å². The predicted molar refractivity (Wildman–Crippen MR) is 81.2 cm³/mol. The topological polar surface area (TPSA) is 89.3 Å². The molecule has 1 aromatic rings. The highest BCUT2D eigenvalue weighted by molar-refractivity contribution is 5.81. The summed E-state index contributed by atoms with van der Waals surface area (Å²) in [6, 6.07) is 0. The highest BCUT2D eigenvalue weighted by Gasteiger charge is 2.34. The second kappa shape index (κ2) is 7.59. The Bertz CT molecular complexity index is 540. The van der Waals surface area contributed by atoms with Crippen LogP contribution in [0.3, 0.4) is 0 Å². The van der Waals surface area contributed by atoms with Gasteiger partial charge in [-0.05, 0) is 26.3 Å². The molecule has 1 heterocycles. The third kappa shape index (κ3) is 5.04. The van der Waals surface area contributed by atoms with Gasteiger partial charge in [0.1, 0.15) is 5.76 Å². The number of amides is 1. The number of nitrogens with two attached hydrogens (primary N) is 1. The summed E-state index contributed by atoms with van der Waals surface area (Å²) in [4.78, 5) is 15.1. The maximum Gasteiger partial charge on any atom is 0.226 e. The number of aliphatic hydroxyl groups is 1. The molecule has 0 radical (unpaired) electrons. The zero-order chi connectivity index (χ0) is 15.9. The molecule has 0 saturated heterocycles. The van der Waals surface area contributed by atoms with Crippen LogP contribution in [0.2, 0.25) is 0 Å². The number of allylic oxidation sites excluding steroid dienone is 5. The Labute approximate surface area is 124 Å². The van der Waals surface area contributed by atoms with E-state index in [4.69, 9.17) is 10.2 Å². The number of hydrogen-bond acceptors (Lipinski definition) is 4. The lowest BCUT2D eigenvalue weighted by molar-refractivity contribution is -0.130. The number of aromatic nitrogens is 1. The summed E-state index contributed by atoms with van der Waals surface area (Å²) in [5, 5.41) is 10.1. The van der Waals surface area contributed by atoms with E-state index in [9.17, 15) is 9.90 Å². The first-order valence-corrected chi connectivity index (χ1v) is 6.71. The average Bonchev–Trinajstić information content (AvgIpc) is 2.94. The van der Waals surface area contributed by atoms with Gasteiger partial charge in [-0.15, -0.1) is 0 Å². The SMILES string of the molecule is CC(=CC=C/C=C/Cc1cnco1)C(O)C(C)(C)C(N)=O. The molecule has 5 heteroatoms. The van der Waals surface area contributed by atoms with Crippen molar-refractivity contribution in [2.75, 3.05) is 0 Å². The molecule has 1 rings (SSSR count). The molecule has 1 atom stereocenters. The van der Waals surface area contributed by atoms with Gasteiger partial charge in [-0.3, -0.25) is 4.79 Å². The fourth-order valence-electron chi connectivity index (χ4n) is 1.67. The maximum absolute atomic E-state index is 11.3. The predicted octanol–water partition coefficient (Wildman–Crippen LogP) is 2.15. The van der Waals surface area contributed by atoms with E-state index in [0.717, 1.165) is 5.76 Å². The summed E-state index contributed by atoms with van der Waals surface area (Å²) in [6.45, 7) is 5.01. The number of rotatable bonds is 7. The van der Waals surface area contributed by atoms with Crippen LogP contribution >= 0.6 is 0 Å². The monoisotopic (exact) mass is 290 g/mol. The van der Waals surface area contributed by atoms with E-state index in [2.05, 4.69) is 4.98 Å². The van der Waals surface area contributed by atoms with Gasteiger partial charge < -0.3 is 15.3 Å². The van der Waals surface area contributed by atoms with E-state index in [1.54, 1.807) is 39.1 Å². The van der Waals surface area contributed by atoms with E-state index in [-0.39, 0.29) is 0 Å². The molecule has 0 spiro atoms. The lowest BCUT2D eigenvalue weighted by Crippen LogP contribution is -2.42. The molecule has 0 fully saturated rings. The molecule has 0 aliphatic heterocycles. The zero-order valence-electron chi connectivity index (χ0n) is 12.6. The summed E-state index contributed by atoms with van der Waals surface area (Å²) < 4.78 is 5.09. The van der Waals surface area contributed by atoms with Crippen molar-refractivity contribution in [1.82, 2.24) is 4.98 Å². The van der Waals surface area contributed by atoms with E-state index in [1.165, 1.54) is 6.39 Å². The number of primary amides is 1.